The van der Waals surface area contributed by atoms with E-state index in [1.165, 1.54) is 6.07 Å². The largest absolute Gasteiger partial charge is 0.493 e. The highest BCUT2D eigenvalue weighted by Crippen LogP contribution is 2.40. The highest BCUT2D eigenvalue weighted by molar-refractivity contribution is 6.31. The van der Waals surface area contributed by atoms with Crippen molar-refractivity contribution in [2.75, 3.05) is 31.2 Å². The molecule has 0 saturated heterocycles. The zero-order chi connectivity index (χ0) is 34.2. The van der Waals surface area contributed by atoms with Crippen LogP contribution < -0.4 is 19.7 Å². The third kappa shape index (κ3) is 8.32. The van der Waals surface area contributed by atoms with Crippen LogP contribution in [0.15, 0.2) is 60.9 Å². The molecule has 0 bridgehead atoms. The number of amides is 2. The number of aliphatic carboxylic acids is 1. The first-order valence-electron chi connectivity index (χ1n) is 15.9. The molecule has 5 rings (SSSR count). The topological polar surface area (TPSA) is 123 Å². The van der Waals surface area contributed by atoms with E-state index in [0.29, 0.717) is 50.5 Å². The summed E-state index contributed by atoms with van der Waals surface area (Å²) >= 11 is 6.40. The molecule has 2 amide bonds. The maximum atomic E-state index is 15.2. The number of carboxylic acid groups (broad SMARTS) is 1. The van der Waals surface area contributed by atoms with Gasteiger partial charge in [0.15, 0.2) is 5.75 Å². The van der Waals surface area contributed by atoms with Gasteiger partial charge in [0.25, 0.3) is 5.91 Å². The monoisotopic (exact) mass is 676 g/mol. The van der Waals surface area contributed by atoms with E-state index in [2.05, 4.69) is 10.4 Å². The molecule has 48 heavy (non-hydrogen) atoms. The first-order valence-corrected chi connectivity index (χ1v) is 16.3. The van der Waals surface area contributed by atoms with Crippen LogP contribution in [0.5, 0.6) is 11.5 Å². The molecule has 2 heterocycles. The van der Waals surface area contributed by atoms with Crippen LogP contribution in [0.1, 0.15) is 59.2 Å². The van der Waals surface area contributed by atoms with Gasteiger partial charge in [-0.25, -0.2) is 4.39 Å². The molecular weight excluding hydrogens is 639 g/mol. The van der Waals surface area contributed by atoms with Gasteiger partial charge in [-0.2, -0.15) is 5.10 Å². The van der Waals surface area contributed by atoms with Crippen molar-refractivity contribution in [1.29, 1.82) is 0 Å². The van der Waals surface area contributed by atoms with E-state index >= 15 is 4.39 Å². The minimum atomic E-state index is -0.960. The first-order chi connectivity index (χ1) is 23.1. The molecule has 0 fully saturated rings. The molecule has 0 aliphatic carbocycles. The summed E-state index contributed by atoms with van der Waals surface area (Å²) in [7, 11) is 0. The number of nitrogens with zero attached hydrogens (tertiary/aromatic N) is 3. The van der Waals surface area contributed by atoms with Gasteiger partial charge in [-0.1, -0.05) is 35.9 Å². The lowest BCUT2D eigenvalue weighted by molar-refractivity contribution is -0.137. The number of benzene rings is 3. The molecule has 12 heteroatoms. The van der Waals surface area contributed by atoms with Crippen molar-refractivity contribution in [1.82, 2.24) is 15.1 Å². The minimum absolute atomic E-state index is 0.00974. The van der Waals surface area contributed by atoms with E-state index in [-0.39, 0.29) is 48.0 Å². The Morgan fingerprint density at radius 1 is 1.10 bits per heavy atom. The van der Waals surface area contributed by atoms with Gasteiger partial charge in [0.05, 0.1) is 31.6 Å². The summed E-state index contributed by atoms with van der Waals surface area (Å²) in [5.74, 6) is -0.771. The van der Waals surface area contributed by atoms with Crippen LogP contribution in [-0.2, 0) is 16.1 Å². The van der Waals surface area contributed by atoms with Crippen LogP contribution in [-0.4, -0.2) is 59.0 Å². The average Bonchev–Trinajstić information content (AvgIpc) is 3.42. The molecular formula is C36H38ClFN4O6. The number of nitrogens with one attached hydrogen (secondary N) is 1. The number of hydrogen-bond donors (Lipinski definition) is 2. The molecule has 0 atom stereocenters. The second kappa shape index (κ2) is 15.8. The van der Waals surface area contributed by atoms with Gasteiger partial charge in [-0.3, -0.25) is 19.1 Å². The Balaban J connectivity index is 1.25. The fourth-order valence-corrected chi connectivity index (χ4v) is 5.76. The number of ether oxygens (including phenoxy) is 2. The number of hydrogen-bond acceptors (Lipinski definition) is 6. The third-order valence-electron chi connectivity index (χ3n) is 8.23. The lowest BCUT2D eigenvalue weighted by atomic mass is 10.1. The molecule has 0 unspecified atom stereocenters. The third-order valence-corrected chi connectivity index (χ3v) is 8.56. The summed E-state index contributed by atoms with van der Waals surface area (Å²) in [6, 6.07) is 14.1. The number of carboxylic acids is 1. The normalized spacial score (nSPS) is 12.5. The maximum absolute atomic E-state index is 15.2. The molecule has 1 aliphatic heterocycles. The zero-order valence-electron chi connectivity index (χ0n) is 26.9. The second-order valence-corrected chi connectivity index (χ2v) is 12.1. The Morgan fingerprint density at radius 3 is 2.71 bits per heavy atom. The van der Waals surface area contributed by atoms with Crippen molar-refractivity contribution in [3.05, 3.63) is 94.0 Å². The number of aromatic nitrogens is 2. The van der Waals surface area contributed by atoms with Crippen molar-refractivity contribution >= 4 is 35.1 Å². The molecule has 10 nitrogen and oxygen atoms in total. The Kier molecular flexibility index (Phi) is 11.3. The molecule has 0 spiro atoms. The SMILES string of the molecule is Cc1cccc(OCCCC(=O)N2CCCOc3c(-c4cnn(Cc5c(F)cc(C(=O)NCCCC(=O)O)cc5Cl)c4)cccc32)c1C. The minimum Gasteiger partial charge on any atom is -0.493 e. The predicted octanol–water partition coefficient (Wildman–Crippen LogP) is 6.58. The van der Waals surface area contributed by atoms with Crippen LogP contribution in [0.25, 0.3) is 11.1 Å². The van der Waals surface area contributed by atoms with Crippen LogP contribution in [0, 0.1) is 19.7 Å². The summed E-state index contributed by atoms with van der Waals surface area (Å²) < 4.78 is 28.8. The van der Waals surface area contributed by atoms with Gasteiger partial charge in [0.1, 0.15) is 11.6 Å². The van der Waals surface area contributed by atoms with Crippen molar-refractivity contribution in [3.63, 3.8) is 0 Å². The van der Waals surface area contributed by atoms with Crippen LogP contribution in [0.4, 0.5) is 10.1 Å². The molecule has 0 radical (unpaired) electrons. The van der Waals surface area contributed by atoms with Crippen molar-refractivity contribution < 1.29 is 33.4 Å². The van der Waals surface area contributed by atoms with Gasteiger partial charge in [-0.15, -0.1) is 0 Å². The van der Waals surface area contributed by atoms with E-state index in [9.17, 15) is 14.4 Å². The number of carbonyl (C=O) groups excluding carboxylic acids is 2. The van der Waals surface area contributed by atoms with Gasteiger partial charge < -0.3 is 24.8 Å². The number of rotatable bonds is 13. The Hall–Kier alpha value is -4.90. The highest BCUT2D eigenvalue weighted by atomic mass is 35.5. The molecule has 0 saturated carbocycles. The van der Waals surface area contributed by atoms with Gasteiger partial charge >= 0.3 is 5.97 Å². The van der Waals surface area contributed by atoms with Crippen LogP contribution >= 0.6 is 11.6 Å². The lowest BCUT2D eigenvalue weighted by Crippen LogP contribution is -2.31. The number of para-hydroxylation sites is 1. The Morgan fingerprint density at radius 2 is 1.92 bits per heavy atom. The molecule has 1 aromatic heterocycles. The van der Waals surface area contributed by atoms with Crippen molar-refractivity contribution in [2.24, 2.45) is 0 Å². The Labute approximate surface area is 283 Å². The van der Waals surface area contributed by atoms with E-state index in [4.69, 9.17) is 26.2 Å². The number of halogens is 2. The second-order valence-electron chi connectivity index (χ2n) is 11.6. The molecule has 252 valence electrons. The highest BCUT2D eigenvalue weighted by Gasteiger charge is 2.25. The number of anilines is 1. The van der Waals surface area contributed by atoms with Crippen molar-refractivity contribution in [2.45, 2.75) is 52.5 Å². The van der Waals surface area contributed by atoms with Gasteiger partial charge in [0, 0.05) is 59.4 Å². The smallest absolute Gasteiger partial charge is 0.303 e. The molecule has 2 N–H and O–H groups in total. The zero-order valence-corrected chi connectivity index (χ0v) is 27.7. The quantitative estimate of drug-likeness (QED) is 0.154. The summed E-state index contributed by atoms with van der Waals surface area (Å²) in [4.78, 5) is 38.3. The average molecular weight is 677 g/mol. The molecule has 1 aliphatic rings. The van der Waals surface area contributed by atoms with E-state index in [1.807, 2.05) is 50.2 Å². The number of carbonyl (C=O) groups is 3. The number of aryl methyl sites for hydroxylation is 1. The summed E-state index contributed by atoms with van der Waals surface area (Å²) in [5, 5.41) is 15.8. The molecule has 3 aromatic carbocycles. The number of fused-ring (bicyclic) bond motifs is 1. The first kappa shape index (κ1) is 34.4. The Bertz CT molecular complexity index is 1790. The van der Waals surface area contributed by atoms with E-state index in [0.717, 1.165) is 34.1 Å². The van der Waals surface area contributed by atoms with E-state index in [1.54, 1.807) is 22.0 Å². The van der Waals surface area contributed by atoms with E-state index < -0.39 is 17.7 Å². The van der Waals surface area contributed by atoms with Crippen molar-refractivity contribution in [3.8, 4) is 22.6 Å². The maximum Gasteiger partial charge on any atom is 0.303 e. The van der Waals surface area contributed by atoms with Gasteiger partial charge in [0.2, 0.25) is 5.91 Å². The summed E-state index contributed by atoms with van der Waals surface area (Å²) in [6.45, 7) is 5.62. The standard InChI is InChI=1S/C36H38ClFN4O6/c1-23-8-3-11-32(24(23)2)47-16-6-12-33(43)42-15-7-17-48-35-27(9-4-10-31(35)42)26-20-40-41(21-26)22-28-29(37)18-25(19-30(28)38)36(46)39-14-5-13-34(44)45/h3-4,8-11,18-21H,5-7,12-17,22H2,1-2H3,(H,39,46)(H,44,45). The van der Waals surface area contributed by atoms with Crippen LogP contribution in [0.3, 0.4) is 0 Å². The summed E-state index contributed by atoms with van der Waals surface area (Å²) in [5.41, 5.74) is 4.60. The lowest BCUT2D eigenvalue weighted by Gasteiger charge is -2.23. The van der Waals surface area contributed by atoms with Crippen LogP contribution in [0.2, 0.25) is 5.02 Å². The fourth-order valence-electron chi connectivity index (χ4n) is 5.49. The van der Waals surface area contributed by atoms with Gasteiger partial charge in [-0.05, 0) is 68.5 Å². The fraction of sp³-hybridized carbons (Fsp3) is 0.333. The predicted molar refractivity (Wildman–Crippen MR) is 180 cm³/mol. The summed E-state index contributed by atoms with van der Waals surface area (Å²) in [6.07, 6.45) is 5.13. The molecule has 4 aromatic rings.